The van der Waals surface area contributed by atoms with E-state index in [0.29, 0.717) is 17.3 Å². The van der Waals surface area contributed by atoms with Gasteiger partial charge >= 0.3 is 0 Å². The second-order valence-corrected chi connectivity index (χ2v) is 10.6. The van der Waals surface area contributed by atoms with Crippen LogP contribution in [0.2, 0.25) is 0 Å². The van der Waals surface area contributed by atoms with Crippen molar-refractivity contribution in [2.24, 2.45) is 29.1 Å². The zero-order chi connectivity index (χ0) is 18.9. The smallest absolute Gasteiger partial charge is 0.266 e. The Hall–Kier alpha value is -0.870. The van der Waals surface area contributed by atoms with Crippen LogP contribution in [0.3, 0.4) is 0 Å². The molecule has 4 heteroatoms. The van der Waals surface area contributed by atoms with Gasteiger partial charge in [-0.2, -0.15) is 8.42 Å². The van der Waals surface area contributed by atoms with Crippen molar-refractivity contribution in [3.63, 3.8) is 0 Å². The Labute approximate surface area is 159 Å². The van der Waals surface area contributed by atoms with Crippen LogP contribution >= 0.6 is 0 Å². The van der Waals surface area contributed by atoms with Gasteiger partial charge in [0.15, 0.2) is 0 Å². The fourth-order valence-electron chi connectivity index (χ4n) is 5.86. The highest BCUT2D eigenvalue weighted by Crippen LogP contribution is 2.59. The Bertz CT molecular complexity index is 709. The van der Waals surface area contributed by atoms with Crippen LogP contribution in [0.5, 0.6) is 0 Å². The van der Waals surface area contributed by atoms with Crippen LogP contribution in [0, 0.1) is 36.0 Å². The number of benzene rings is 1. The molecule has 2 saturated carbocycles. The highest BCUT2D eigenvalue weighted by molar-refractivity contribution is 7.86. The van der Waals surface area contributed by atoms with Gasteiger partial charge in [-0.25, -0.2) is 0 Å². The first kappa shape index (κ1) is 19.9. The quantitative estimate of drug-likeness (QED) is 0.607. The summed E-state index contributed by atoms with van der Waals surface area (Å²) in [5.74, 6) is 2.88. The summed E-state index contributed by atoms with van der Waals surface area (Å²) < 4.78 is 30.1. The summed E-state index contributed by atoms with van der Waals surface area (Å²) in [6, 6.07) is 6.87. The van der Waals surface area contributed by atoms with Crippen LogP contribution in [-0.2, 0) is 14.3 Å². The van der Waals surface area contributed by atoms with E-state index in [2.05, 4.69) is 20.8 Å². The number of hydrogen-bond acceptors (Lipinski definition) is 3. The Morgan fingerprint density at radius 1 is 1.19 bits per heavy atom. The Morgan fingerprint density at radius 2 is 1.88 bits per heavy atom. The fraction of sp³-hybridized carbons (Fsp3) is 0.727. The van der Waals surface area contributed by atoms with Gasteiger partial charge in [0.2, 0.25) is 0 Å². The molecule has 1 aromatic rings. The molecular formula is C22H34O3S. The van der Waals surface area contributed by atoms with Crippen molar-refractivity contribution in [2.75, 3.05) is 6.61 Å². The van der Waals surface area contributed by atoms with Gasteiger partial charge in [-0.3, -0.25) is 4.18 Å². The third kappa shape index (κ3) is 3.87. The molecule has 3 nitrogen and oxygen atoms in total. The molecule has 3 rings (SSSR count). The summed E-state index contributed by atoms with van der Waals surface area (Å²) in [6.45, 7) is 9.43. The molecule has 0 aliphatic heterocycles. The number of rotatable bonds is 6. The monoisotopic (exact) mass is 378 g/mol. The minimum atomic E-state index is -3.64. The molecule has 0 N–H and O–H groups in total. The maximum atomic E-state index is 12.4. The molecule has 2 fully saturated rings. The van der Waals surface area contributed by atoms with E-state index in [-0.39, 0.29) is 11.5 Å². The zero-order valence-corrected chi connectivity index (χ0v) is 17.5. The van der Waals surface area contributed by atoms with E-state index in [9.17, 15) is 8.42 Å². The van der Waals surface area contributed by atoms with Gasteiger partial charge in [-0.05, 0) is 73.8 Å². The molecular weight excluding hydrogens is 344 g/mol. The number of aryl methyl sites for hydroxylation is 1. The van der Waals surface area contributed by atoms with Crippen molar-refractivity contribution in [3.05, 3.63) is 29.8 Å². The van der Waals surface area contributed by atoms with Crippen LogP contribution in [0.25, 0.3) is 0 Å². The first-order valence-electron chi connectivity index (χ1n) is 10.2. The normalized spacial score (nSPS) is 33.0. The molecule has 5 atom stereocenters. The van der Waals surface area contributed by atoms with Crippen LogP contribution in [0.4, 0.5) is 0 Å². The molecule has 0 aromatic heterocycles. The van der Waals surface area contributed by atoms with Crippen molar-refractivity contribution in [1.82, 2.24) is 0 Å². The highest BCUT2D eigenvalue weighted by atomic mass is 32.2. The summed E-state index contributed by atoms with van der Waals surface area (Å²) >= 11 is 0. The molecule has 0 radical (unpaired) electrons. The predicted octanol–water partition coefficient (Wildman–Crippen LogP) is 5.58. The Balaban J connectivity index is 1.57. The van der Waals surface area contributed by atoms with E-state index in [1.165, 1.54) is 32.1 Å². The van der Waals surface area contributed by atoms with Gasteiger partial charge in [-0.1, -0.05) is 51.3 Å². The molecule has 2 aliphatic rings. The Kier molecular flexibility index (Phi) is 5.83. The molecule has 0 heterocycles. The van der Waals surface area contributed by atoms with E-state index in [4.69, 9.17) is 4.18 Å². The molecule has 2 aliphatic carbocycles. The summed E-state index contributed by atoms with van der Waals surface area (Å²) in [7, 11) is -3.64. The van der Waals surface area contributed by atoms with E-state index >= 15 is 0 Å². The minimum absolute atomic E-state index is 0.254. The van der Waals surface area contributed by atoms with Gasteiger partial charge in [0.25, 0.3) is 10.1 Å². The number of fused-ring (bicyclic) bond motifs is 1. The van der Waals surface area contributed by atoms with Crippen molar-refractivity contribution in [2.45, 2.75) is 71.1 Å². The molecule has 2 unspecified atom stereocenters. The Morgan fingerprint density at radius 3 is 2.58 bits per heavy atom. The second kappa shape index (κ2) is 7.63. The second-order valence-electron chi connectivity index (χ2n) is 9.02. The van der Waals surface area contributed by atoms with Crippen LogP contribution in [0.1, 0.15) is 64.9 Å². The lowest BCUT2D eigenvalue weighted by molar-refractivity contribution is 0.0326. The van der Waals surface area contributed by atoms with Gasteiger partial charge < -0.3 is 0 Å². The minimum Gasteiger partial charge on any atom is -0.266 e. The first-order valence-corrected chi connectivity index (χ1v) is 11.6. The highest BCUT2D eigenvalue weighted by Gasteiger charge is 2.51. The van der Waals surface area contributed by atoms with Crippen molar-refractivity contribution in [3.8, 4) is 0 Å². The van der Waals surface area contributed by atoms with Crippen molar-refractivity contribution >= 4 is 10.1 Å². The lowest BCUT2D eigenvalue weighted by atomic mass is 9.59. The van der Waals surface area contributed by atoms with Crippen LogP contribution in [0.15, 0.2) is 29.2 Å². The van der Waals surface area contributed by atoms with Gasteiger partial charge in [-0.15, -0.1) is 0 Å². The average Bonchev–Trinajstić information content (AvgIpc) is 2.93. The standard InChI is InChI=1S/C22H34O3S/c1-16-7-9-19(10-8-16)26(23,24)25-15-13-18(3)21-12-11-20-17(2)6-5-14-22(20,21)4/h7-10,17-18,20-21H,5-6,11-15H2,1-4H3/t17-,18?,20?,21+,22-/m0/s1. The first-order chi connectivity index (χ1) is 12.2. The summed E-state index contributed by atoms with van der Waals surface area (Å²) in [5.41, 5.74) is 1.48. The maximum absolute atomic E-state index is 12.4. The molecule has 1 aromatic carbocycles. The predicted molar refractivity (Wildman–Crippen MR) is 105 cm³/mol. The SMILES string of the molecule is Cc1ccc(S(=O)(=O)OCCC(C)[C@H]2CCC3[C@@H](C)CCC[C@@]32C)cc1. The van der Waals surface area contributed by atoms with E-state index in [1.807, 2.05) is 19.1 Å². The third-order valence-electron chi connectivity index (χ3n) is 7.35. The van der Waals surface area contributed by atoms with Crippen LogP contribution < -0.4 is 0 Å². The fourth-order valence-corrected chi connectivity index (χ4v) is 6.78. The molecule has 146 valence electrons. The van der Waals surface area contributed by atoms with Gasteiger partial charge in [0.05, 0.1) is 11.5 Å². The summed E-state index contributed by atoms with van der Waals surface area (Å²) in [4.78, 5) is 0.254. The van der Waals surface area contributed by atoms with E-state index in [1.54, 1.807) is 12.1 Å². The van der Waals surface area contributed by atoms with Gasteiger partial charge in [0, 0.05) is 0 Å². The van der Waals surface area contributed by atoms with E-state index in [0.717, 1.165) is 23.8 Å². The summed E-state index contributed by atoms with van der Waals surface area (Å²) in [6.07, 6.45) is 7.49. The molecule has 26 heavy (non-hydrogen) atoms. The molecule has 0 bridgehead atoms. The molecule has 0 amide bonds. The molecule has 0 saturated heterocycles. The average molecular weight is 379 g/mol. The van der Waals surface area contributed by atoms with Gasteiger partial charge in [0.1, 0.15) is 0 Å². The molecule has 0 spiro atoms. The number of hydrogen-bond donors (Lipinski definition) is 0. The summed E-state index contributed by atoms with van der Waals surface area (Å²) in [5, 5.41) is 0. The van der Waals surface area contributed by atoms with Crippen LogP contribution in [-0.4, -0.2) is 15.0 Å². The van der Waals surface area contributed by atoms with Crippen molar-refractivity contribution in [1.29, 1.82) is 0 Å². The topological polar surface area (TPSA) is 43.4 Å². The maximum Gasteiger partial charge on any atom is 0.296 e. The van der Waals surface area contributed by atoms with E-state index < -0.39 is 10.1 Å². The van der Waals surface area contributed by atoms with Crippen molar-refractivity contribution < 1.29 is 12.6 Å². The zero-order valence-electron chi connectivity index (χ0n) is 16.7. The lowest BCUT2D eigenvalue weighted by Crippen LogP contribution is -2.38. The lowest BCUT2D eigenvalue weighted by Gasteiger charge is -2.46. The largest absolute Gasteiger partial charge is 0.296 e. The third-order valence-corrected chi connectivity index (χ3v) is 8.68.